The van der Waals surface area contributed by atoms with E-state index in [1.54, 1.807) is 36.2 Å². The Morgan fingerprint density at radius 2 is 1.21 bits per heavy atom. The molecule has 0 unspecified atom stereocenters. The first-order chi connectivity index (χ1) is 29.0. The van der Waals surface area contributed by atoms with E-state index in [0.29, 0.717) is 84.5 Å². The standard InChI is InChI=1S/C26H36N2O6S.C18H24N2O5S/c1-18-6-8-19(9-7-18)24(30)28(17-22(29)27-12-14-34-15-13-27)21-16-20(10-11-26(2,3)33-5)35-23(21)25(31)32-4;1-18(2,24-4)6-5-13-11-14(16(26-13)17(22)23-3)19-12-15(21)20-7-9-25-10-8-20/h16,18-19H,6-9,12-15,17H2,1-5H3;11,19H,7-10,12H2,1-4H3. The molecule has 334 valence electrons. The summed E-state index contributed by atoms with van der Waals surface area (Å²) in [7, 11) is 5.80. The van der Waals surface area contributed by atoms with E-state index in [9.17, 15) is 24.0 Å². The smallest absolute Gasteiger partial charge is 0.350 e. The second kappa shape index (κ2) is 23.1. The van der Waals surface area contributed by atoms with Gasteiger partial charge < -0.3 is 48.4 Å². The van der Waals surface area contributed by atoms with Crippen molar-refractivity contribution in [2.75, 3.05) is 104 Å². The van der Waals surface area contributed by atoms with Crippen LogP contribution >= 0.6 is 22.7 Å². The van der Waals surface area contributed by atoms with E-state index >= 15 is 0 Å². The van der Waals surface area contributed by atoms with Crippen LogP contribution in [0.2, 0.25) is 0 Å². The van der Waals surface area contributed by atoms with Crippen LogP contribution in [-0.4, -0.2) is 145 Å². The van der Waals surface area contributed by atoms with Crippen LogP contribution in [0.25, 0.3) is 0 Å². The third-order valence-corrected chi connectivity index (χ3v) is 12.6. The molecule has 1 aliphatic carbocycles. The minimum Gasteiger partial charge on any atom is -0.465 e. The summed E-state index contributed by atoms with van der Waals surface area (Å²) < 4.78 is 31.1. The highest BCUT2D eigenvalue weighted by atomic mass is 32.1. The molecule has 3 amide bonds. The fourth-order valence-electron chi connectivity index (χ4n) is 6.39. The van der Waals surface area contributed by atoms with Crippen LogP contribution in [0.5, 0.6) is 0 Å². The van der Waals surface area contributed by atoms with E-state index in [4.69, 9.17) is 28.4 Å². The number of hydrogen-bond donors (Lipinski definition) is 1. The Morgan fingerprint density at radius 3 is 1.72 bits per heavy atom. The number of ether oxygens (including phenoxy) is 6. The van der Waals surface area contributed by atoms with E-state index in [1.165, 1.54) is 30.5 Å². The van der Waals surface area contributed by atoms with Crippen LogP contribution in [0.3, 0.4) is 0 Å². The summed E-state index contributed by atoms with van der Waals surface area (Å²) >= 11 is 2.38. The van der Waals surface area contributed by atoms with Gasteiger partial charge in [-0.15, -0.1) is 22.7 Å². The maximum absolute atomic E-state index is 13.8. The number of nitrogens with zero attached hydrogens (tertiary/aromatic N) is 3. The van der Waals surface area contributed by atoms with Gasteiger partial charge in [-0.05, 0) is 71.4 Å². The van der Waals surface area contributed by atoms with Crippen LogP contribution in [-0.2, 0) is 42.8 Å². The highest BCUT2D eigenvalue weighted by Crippen LogP contribution is 2.36. The minimum atomic E-state index is -0.670. The number of rotatable bonds is 11. The van der Waals surface area contributed by atoms with Gasteiger partial charge in [0.05, 0.1) is 68.3 Å². The molecule has 2 aromatic rings. The van der Waals surface area contributed by atoms with Gasteiger partial charge in [0.2, 0.25) is 17.7 Å². The van der Waals surface area contributed by atoms with Crippen LogP contribution < -0.4 is 10.2 Å². The van der Waals surface area contributed by atoms with Gasteiger partial charge in [0, 0.05) is 46.3 Å². The highest BCUT2D eigenvalue weighted by Gasteiger charge is 2.34. The molecular formula is C44H60N4O11S2. The molecule has 4 heterocycles. The Morgan fingerprint density at radius 1 is 0.738 bits per heavy atom. The predicted molar refractivity (Wildman–Crippen MR) is 234 cm³/mol. The zero-order chi connectivity index (χ0) is 44.7. The summed E-state index contributed by atoms with van der Waals surface area (Å²) in [5.74, 6) is 11.2. The lowest BCUT2D eigenvalue weighted by atomic mass is 9.82. The molecule has 0 atom stereocenters. The summed E-state index contributed by atoms with van der Waals surface area (Å²) in [6.07, 6.45) is 3.49. The Kier molecular flexibility index (Phi) is 18.6. The maximum Gasteiger partial charge on any atom is 0.350 e. The van der Waals surface area contributed by atoms with E-state index in [1.807, 2.05) is 27.7 Å². The van der Waals surface area contributed by atoms with Crippen molar-refractivity contribution in [1.82, 2.24) is 9.80 Å². The number of carbonyl (C=O) groups excluding carboxylic acids is 5. The van der Waals surface area contributed by atoms with E-state index in [0.717, 1.165) is 37.0 Å². The van der Waals surface area contributed by atoms with Crippen LogP contribution in [0.15, 0.2) is 12.1 Å². The Labute approximate surface area is 367 Å². The van der Waals surface area contributed by atoms with Crippen molar-refractivity contribution in [1.29, 1.82) is 0 Å². The molecule has 1 saturated carbocycles. The van der Waals surface area contributed by atoms with Gasteiger partial charge in [0.1, 0.15) is 27.5 Å². The molecule has 2 aromatic heterocycles. The summed E-state index contributed by atoms with van der Waals surface area (Å²) in [5.41, 5.74) is -0.333. The minimum absolute atomic E-state index is 0.0385. The number of methoxy groups -OCH3 is 4. The van der Waals surface area contributed by atoms with Crippen molar-refractivity contribution in [2.24, 2.45) is 11.8 Å². The molecule has 0 spiro atoms. The molecular weight excluding hydrogens is 825 g/mol. The molecule has 17 heteroatoms. The van der Waals surface area contributed by atoms with Gasteiger partial charge in [-0.2, -0.15) is 0 Å². The summed E-state index contributed by atoms with van der Waals surface area (Å²) in [4.78, 5) is 70.8. The van der Waals surface area contributed by atoms with E-state index in [2.05, 4.69) is 35.9 Å². The molecule has 1 N–H and O–H groups in total. The maximum atomic E-state index is 13.8. The number of esters is 2. The first-order valence-corrected chi connectivity index (χ1v) is 22.0. The lowest BCUT2D eigenvalue weighted by Crippen LogP contribution is -2.49. The van der Waals surface area contributed by atoms with Crippen molar-refractivity contribution < 1.29 is 52.4 Å². The fourth-order valence-corrected chi connectivity index (χ4v) is 8.23. The van der Waals surface area contributed by atoms with E-state index in [-0.39, 0.29) is 41.6 Å². The lowest BCUT2D eigenvalue weighted by molar-refractivity contribution is -0.135. The molecule has 2 aliphatic heterocycles. The number of hydrogen-bond acceptors (Lipinski definition) is 14. The number of morpholine rings is 2. The third-order valence-electron chi connectivity index (χ3n) is 10.6. The molecule has 0 bridgehead atoms. The average Bonchev–Trinajstić information content (AvgIpc) is 3.91. The first kappa shape index (κ1) is 49.2. The van der Waals surface area contributed by atoms with Crippen molar-refractivity contribution in [3.8, 4) is 23.7 Å². The molecule has 3 fully saturated rings. The lowest BCUT2D eigenvalue weighted by Gasteiger charge is -2.33. The Bertz CT molecular complexity index is 1970. The van der Waals surface area contributed by atoms with Crippen molar-refractivity contribution in [3.63, 3.8) is 0 Å². The second-order valence-electron chi connectivity index (χ2n) is 15.8. The van der Waals surface area contributed by atoms with Crippen LogP contribution in [0.1, 0.15) is 89.4 Å². The fraction of sp³-hybridized carbons (Fsp3) is 0.614. The summed E-state index contributed by atoms with van der Waals surface area (Å²) in [6, 6.07) is 3.47. The summed E-state index contributed by atoms with van der Waals surface area (Å²) in [6.45, 7) is 13.7. The van der Waals surface area contributed by atoms with Crippen LogP contribution in [0, 0.1) is 35.5 Å². The SMILES string of the molecule is COC(=O)c1sc(C#CC(C)(C)OC)cc1N(CC(=O)N1CCOCC1)C(=O)C1CCC(C)CC1.COC(=O)c1sc(C#CC(C)(C)OC)cc1NCC(=O)N1CCOCC1. The van der Waals surface area contributed by atoms with Gasteiger partial charge in [-0.3, -0.25) is 14.4 Å². The van der Waals surface area contributed by atoms with Crippen molar-refractivity contribution in [3.05, 3.63) is 31.6 Å². The van der Waals surface area contributed by atoms with Crippen LogP contribution in [0.4, 0.5) is 11.4 Å². The predicted octanol–water partition coefficient (Wildman–Crippen LogP) is 4.91. The zero-order valence-corrected chi connectivity index (χ0v) is 38.5. The molecule has 2 saturated heterocycles. The summed E-state index contributed by atoms with van der Waals surface area (Å²) in [5, 5.41) is 3.04. The van der Waals surface area contributed by atoms with Gasteiger partial charge >= 0.3 is 11.9 Å². The van der Waals surface area contributed by atoms with Gasteiger partial charge in [-0.25, -0.2) is 9.59 Å². The average molecular weight is 885 g/mol. The van der Waals surface area contributed by atoms with Gasteiger partial charge in [0.25, 0.3) is 0 Å². The molecule has 5 rings (SSSR count). The first-order valence-electron chi connectivity index (χ1n) is 20.4. The topological polar surface area (TPSA) is 162 Å². The number of carbonyl (C=O) groups is 5. The molecule has 3 aliphatic rings. The van der Waals surface area contributed by atoms with Crippen molar-refractivity contribution in [2.45, 2.75) is 71.5 Å². The number of nitrogens with one attached hydrogen (secondary N) is 1. The van der Waals surface area contributed by atoms with Crippen molar-refractivity contribution >= 4 is 63.7 Å². The quantitative estimate of drug-likeness (QED) is 0.240. The molecule has 0 aromatic carbocycles. The van der Waals surface area contributed by atoms with Gasteiger partial charge in [-0.1, -0.05) is 30.6 Å². The second-order valence-corrected chi connectivity index (χ2v) is 17.9. The number of anilines is 2. The molecule has 61 heavy (non-hydrogen) atoms. The molecule has 0 radical (unpaired) electrons. The number of thiophene rings is 2. The highest BCUT2D eigenvalue weighted by molar-refractivity contribution is 7.15. The molecule has 15 nitrogen and oxygen atoms in total. The largest absolute Gasteiger partial charge is 0.465 e. The third kappa shape index (κ3) is 14.6. The van der Waals surface area contributed by atoms with E-state index < -0.39 is 23.1 Å². The zero-order valence-electron chi connectivity index (χ0n) is 36.9. The van der Waals surface area contributed by atoms with Gasteiger partial charge in [0.15, 0.2) is 0 Å². The number of amides is 3. The Balaban J connectivity index is 0.000000281. The Hall–Kier alpha value is -4.49. The monoisotopic (exact) mass is 884 g/mol. The normalized spacial score (nSPS) is 17.9.